The number of amides is 1. The molecule has 1 amide bonds. The molecule has 1 saturated heterocycles. The van der Waals surface area contributed by atoms with Crippen molar-refractivity contribution < 1.29 is 4.79 Å². The topological polar surface area (TPSA) is 58.4 Å². The molecule has 1 aliphatic heterocycles. The number of unbranched alkanes of at least 4 members (excludes halogenated alkanes) is 2. The quantitative estimate of drug-likeness (QED) is 0.379. The van der Waals surface area contributed by atoms with Gasteiger partial charge in [0.1, 0.15) is 0 Å². The van der Waals surface area contributed by atoms with Gasteiger partial charge in [-0.05, 0) is 12.8 Å². The van der Waals surface area contributed by atoms with Crippen LogP contribution in [0.2, 0.25) is 0 Å². The van der Waals surface area contributed by atoms with Crippen molar-refractivity contribution in [1.82, 2.24) is 10.2 Å². The van der Waals surface area contributed by atoms with Gasteiger partial charge in [-0.3, -0.25) is 15.0 Å². The summed E-state index contributed by atoms with van der Waals surface area (Å²) in [7, 11) is 0. The summed E-state index contributed by atoms with van der Waals surface area (Å²) < 4.78 is 0. The Morgan fingerprint density at radius 3 is 2.64 bits per heavy atom. The molecule has 1 atom stereocenters. The van der Waals surface area contributed by atoms with Crippen LogP contribution in [0, 0.1) is 0 Å². The third-order valence-corrected chi connectivity index (χ3v) is 2.89. The van der Waals surface area contributed by atoms with E-state index >= 15 is 0 Å². The van der Waals surface area contributed by atoms with Crippen molar-refractivity contribution in [2.24, 2.45) is 5.73 Å². The summed E-state index contributed by atoms with van der Waals surface area (Å²) in [5, 5.41) is 3.14. The Labute approximate surface area is 89.8 Å². The highest BCUT2D eigenvalue weighted by molar-refractivity contribution is 6.20. The van der Waals surface area contributed by atoms with Crippen molar-refractivity contribution in [3.63, 3.8) is 0 Å². The Hall–Kier alpha value is -0.320. The van der Waals surface area contributed by atoms with Gasteiger partial charge in [-0.1, -0.05) is 12.8 Å². The van der Waals surface area contributed by atoms with E-state index in [1.165, 1.54) is 0 Å². The summed E-state index contributed by atoms with van der Waals surface area (Å²) in [4.78, 5) is 12.6. The van der Waals surface area contributed by atoms with E-state index in [1.54, 1.807) is 0 Å². The molecule has 1 unspecified atom stereocenters. The van der Waals surface area contributed by atoms with Crippen LogP contribution in [0.3, 0.4) is 0 Å². The van der Waals surface area contributed by atoms with Crippen molar-refractivity contribution in [3.8, 4) is 0 Å². The van der Waals surface area contributed by atoms with Crippen molar-refractivity contribution in [2.45, 2.75) is 37.6 Å². The Morgan fingerprint density at radius 2 is 2.14 bits per heavy atom. The number of nitrogens with one attached hydrogen (secondary N) is 1. The van der Waals surface area contributed by atoms with Crippen LogP contribution in [0.4, 0.5) is 0 Å². The van der Waals surface area contributed by atoms with Crippen molar-refractivity contribution in [1.29, 1.82) is 0 Å². The van der Waals surface area contributed by atoms with E-state index in [4.69, 9.17) is 17.3 Å². The van der Waals surface area contributed by atoms with Gasteiger partial charge in [0.05, 0.1) is 18.8 Å². The van der Waals surface area contributed by atoms with Gasteiger partial charge in [0, 0.05) is 6.42 Å². The van der Waals surface area contributed by atoms with E-state index in [-0.39, 0.29) is 11.4 Å². The lowest BCUT2D eigenvalue weighted by atomic mass is 10.1. The average molecular weight is 220 g/mol. The van der Waals surface area contributed by atoms with Crippen LogP contribution >= 0.6 is 11.6 Å². The van der Waals surface area contributed by atoms with E-state index in [0.717, 1.165) is 39.0 Å². The van der Waals surface area contributed by atoms with Gasteiger partial charge in [0.25, 0.3) is 0 Å². The second-order valence-corrected chi connectivity index (χ2v) is 4.16. The second kappa shape index (κ2) is 6.22. The van der Waals surface area contributed by atoms with Gasteiger partial charge in [-0.15, -0.1) is 11.6 Å². The molecule has 5 heteroatoms. The maximum atomic E-state index is 10.4. The molecule has 4 nitrogen and oxygen atoms in total. The van der Waals surface area contributed by atoms with Gasteiger partial charge < -0.3 is 5.73 Å². The zero-order chi connectivity index (χ0) is 10.4. The van der Waals surface area contributed by atoms with Gasteiger partial charge in [0.15, 0.2) is 0 Å². The fraction of sp³-hybridized carbons (Fsp3) is 0.889. The number of carbonyl (C=O) groups excluding carboxylic acids is 1. The monoisotopic (exact) mass is 219 g/mol. The Bertz CT molecular complexity index is 185. The number of nitrogens with zero attached hydrogens (tertiary/aromatic N) is 1. The number of alkyl halides is 1. The fourth-order valence-corrected chi connectivity index (χ4v) is 1.70. The Morgan fingerprint density at radius 1 is 1.43 bits per heavy atom. The zero-order valence-corrected chi connectivity index (χ0v) is 9.09. The summed E-state index contributed by atoms with van der Waals surface area (Å²) in [5.41, 5.74) is 5.18. The van der Waals surface area contributed by atoms with E-state index < -0.39 is 0 Å². The summed E-state index contributed by atoms with van der Waals surface area (Å²) in [6.45, 7) is 1.80. The molecule has 1 aliphatic rings. The largest absolute Gasteiger partial charge is 0.370 e. The third kappa shape index (κ3) is 4.26. The first-order valence-electron chi connectivity index (χ1n) is 5.07. The second-order valence-electron chi connectivity index (χ2n) is 3.66. The summed E-state index contributed by atoms with van der Waals surface area (Å²) >= 11 is 6.12. The molecule has 0 aromatic rings. The number of hydrogen-bond donors (Lipinski definition) is 2. The highest BCUT2D eigenvalue weighted by atomic mass is 35.5. The molecule has 0 aromatic heterocycles. The van der Waals surface area contributed by atoms with Crippen LogP contribution in [0.15, 0.2) is 0 Å². The molecule has 0 aliphatic carbocycles. The number of nitrogens with two attached hydrogens (primary N) is 1. The van der Waals surface area contributed by atoms with E-state index in [0.29, 0.717) is 6.42 Å². The number of primary amides is 1. The molecule has 0 saturated carbocycles. The SMILES string of the molecule is NC(=O)CCCCCC(Cl)N1CNC1. The van der Waals surface area contributed by atoms with Gasteiger partial charge in [-0.2, -0.15) is 0 Å². The Kier molecular flexibility index (Phi) is 5.22. The van der Waals surface area contributed by atoms with E-state index in [2.05, 4.69) is 10.2 Å². The molecule has 0 aromatic carbocycles. The number of rotatable bonds is 7. The molecule has 0 radical (unpaired) electrons. The highest BCUT2D eigenvalue weighted by Gasteiger charge is 2.20. The van der Waals surface area contributed by atoms with Crippen LogP contribution < -0.4 is 11.1 Å². The fourth-order valence-electron chi connectivity index (χ4n) is 1.41. The number of hydrogen-bond acceptors (Lipinski definition) is 3. The maximum Gasteiger partial charge on any atom is 0.217 e. The molecule has 0 spiro atoms. The van der Waals surface area contributed by atoms with Crippen LogP contribution in [0.25, 0.3) is 0 Å². The van der Waals surface area contributed by atoms with Crippen LogP contribution in [0.5, 0.6) is 0 Å². The van der Waals surface area contributed by atoms with Crippen molar-refractivity contribution >= 4 is 17.5 Å². The van der Waals surface area contributed by atoms with E-state index in [1.807, 2.05) is 0 Å². The molecular weight excluding hydrogens is 202 g/mol. The summed E-state index contributed by atoms with van der Waals surface area (Å²) in [6.07, 6.45) is 4.47. The lowest BCUT2D eigenvalue weighted by molar-refractivity contribution is -0.118. The Balaban J connectivity index is 1.89. The van der Waals surface area contributed by atoms with Crippen LogP contribution in [-0.4, -0.2) is 29.6 Å². The molecule has 0 bridgehead atoms. The first kappa shape index (κ1) is 11.8. The first-order valence-corrected chi connectivity index (χ1v) is 5.51. The molecule has 1 heterocycles. The average Bonchev–Trinajstić information content (AvgIpc) is 1.99. The third-order valence-electron chi connectivity index (χ3n) is 2.39. The number of halogens is 1. The zero-order valence-electron chi connectivity index (χ0n) is 8.34. The maximum absolute atomic E-state index is 10.4. The molecule has 1 rings (SSSR count). The lowest BCUT2D eigenvalue weighted by Gasteiger charge is -2.35. The predicted molar refractivity (Wildman–Crippen MR) is 56.6 cm³/mol. The van der Waals surface area contributed by atoms with Crippen molar-refractivity contribution in [3.05, 3.63) is 0 Å². The minimum Gasteiger partial charge on any atom is -0.370 e. The lowest BCUT2D eigenvalue weighted by Crippen LogP contribution is -2.54. The van der Waals surface area contributed by atoms with Gasteiger partial charge in [0.2, 0.25) is 5.91 Å². The van der Waals surface area contributed by atoms with Crippen molar-refractivity contribution in [2.75, 3.05) is 13.3 Å². The molecule has 14 heavy (non-hydrogen) atoms. The molecular formula is C9H18ClN3O. The van der Waals surface area contributed by atoms with E-state index in [9.17, 15) is 4.79 Å². The normalized spacial score (nSPS) is 18.9. The van der Waals surface area contributed by atoms with Gasteiger partial charge in [-0.25, -0.2) is 0 Å². The summed E-state index contributed by atoms with van der Waals surface area (Å²) in [6, 6.07) is 0. The minimum absolute atomic E-state index is 0.143. The molecule has 3 N–H and O–H groups in total. The van der Waals surface area contributed by atoms with Crippen LogP contribution in [-0.2, 0) is 4.79 Å². The number of carbonyl (C=O) groups is 1. The highest BCUT2D eigenvalue weighted by Crippen LogP contribution is 2.15. The molecule has 1 fully saturated rings. The predicted octanol–water partition coefficient (Wildman–Crippen LogP) is 0.807. The standard InChI is InChI=1S/C9H18ClN3O/c10-8(13-6-12-7-13)4-2-1-3-5-9(11)14/h8,12H,1-7H2,(H2,11,14). The smallest absolute Gasteiger partial charge is 0.217 e. The molecule has 82 valence electrons. The van der Waals surface area contributed by atoms with Crippen LogP contribution in [0.1, 0.15) is 32.1 Å². The first-order chi connectivity index (χ1) is 6.70. The minimum atomic E-state index is -0.209. The summed E-state index contributed by atoms with van der Waals surface area (Å²) in [5.74, 6) is -0.209. The van der Waals surface area contributed by atoms with Gasteiger partial charge >= 0.3 is 0 Å².